The molecule has 1 atom stereocenters. The van der Waals surface area contributed by atoms with Crippen molar-refractivity contribution in [3.63, 3.8) is 0 Å². The number of rotatable bonds is 5. The fraction of sp³-hybridized carbons (Fsp3) is 0.368. The molecule has 3 aromatic rings. The maximum Gasteiger partial charge on any atom is 0.229 e. The quantitative estimate of drug-likeness (QED) is 0.656. The molecule has 140 valence electrons. The first-order valence-corrected chi connectivity index (χ1v) is 9.30. The van der Waals surface area contributed by atoms with Gasteiger partial charge in [0.15, 0.2) is 5.65 Å². The van der Waals surface area contributed by atoms with Gasteiger partial charge in [-0.3, -0.25) is 19.7 Å². The highest BCUT2D eigenvalue weighted by molar-refractivity contribution is 6.29. The Morgan fingerprint density at radius 2 is 2.15 bits per heavy atom. The van der Waals surface area contributed by atoms with Crippen LogP contribution in [-0.4, -0.2) is 30.5 Å². The molecule has 1 aliphatic carbocycles. The Labute approximate surface area is 161 Å². The molecule has 8 heteroatoms. The van der Waals surface area contributed by atoms with E-state index in [-0.39, 0.29) is 18.4 Å². The second-order valence-corrected chi connectivity index (χ2v) is 7.47. The molecule has 1 fully saturated rings. The highest BCUT2D eigenvalue weighted by Crippen LogP contribution is 2.37. The van der Waals surface area contributed by atoms with Crippen LogP contribution in [0.1, 0.15) is 44.3 Å². The SMILES string of the molecule is CC(O)(CC(=O)Nc1nc2ccc(Cl)nc2n1C1CCC1)c1ccccn1. The fourth-order valence-electron chi connectivity index (χ4n) is 3.28. The molecule has 2 N–H and O–H groups in total. The predicted octanol–water partition coefficient (Wildman–Crippen LogP) is 3.44. The summed E-state index contributed by atoms with van der Waals surface area (Å²) in [4.78, 5) is 25.7. The smallest absolute Gasteiger partial charge is 0.229 e. The first-order valence-electron chi connectivity index (χ1n) is 8.92. The maximum atomic E-state index is 12.6. The van der Waals surface area contributed by atoms with Gasteiger partial charge in [0.05, 0.1) is 12.1 Å². The first kappa shape index (κ1) is 17.9. The van der Waals surface area contributed by atoms with Crippen molar-refractivity contribution in [3.8, 4) is 0 Å². The topological polar surface area (TPSA) is 92.9 Å². The molecule has 0 radical (unpaired) electrons. The highest BCUT2D eigenvalue weighted by atomic mass is 35.5. The van der Waals surface area contributed by atoms with Crippen LogP contribution >= 0.6 is 11.6 Å². The summed E-state index contributed by atoms with van der Waals surface area (Å²) in [5, 5.41) is 13.9. The average Bonchev–Trinajstić information content (AvgIpc) is 2.91. The van der Waals surface area contributed by atoms with Crippen molar-refractivity contribution in [2.24, 2.45) is 0 Å². The van der Waals surface area contributed by atoms with Crippen molar-refractivity contribution in [2.75, 3.05) is 5.32 Å². The zero-order valence-corrected chi connectivity index (χ0v) is 15.6. The number of hydrogen-bond donors (Lipinski definition) is 2. The zero-order chi connectivity index (χ0) is 19.0. The molecular formula is C19H20ClN5O2. The van der Waals surface area contributed by atoms with Crippen LogP contribution in [0.25, 0.3) is 11.2 Å². The fourth-order valence-corrected chi connectivity index (χ4v) is 3.43. The first-order chi connectivity index (χ1) is 12.9. The van der Waals surface area contributed by atoms with E-state index in [4.69, 9.17) is 11.6 Å². The van der Waals surface area contributed by atoms with Crippen LogP contribution in [0.4, 0.5) is 5.95 Å². The van der Waals surface area contributed by atoms with E-state index < -0.39 is 5.60 Å². The van der Waals surface area contributed by atoms with Crippen molar-refractivity contribution in [1.82, 2.24) is 19.5 Å². The van der Waals surface area contributed by atoms with Gasteiger partial charge in [0.25, 0.3) is 0 Å². The molecule has 0 spiro atoms. The van der Waals surface area contributed by atoms with Crippen molar-refractivity contribution < 1.29 is 9.90 Å². The van der Waals surface area contributed by atoms with Gasteiger partial charge in [-0.05, 0) is 50.5 Å². The third kappa shape index (κ3) is 3.52. The number of nitrogens with zero attached hydrogens (tertiary/aromatic N) is 4. The van der Waals surface area contributed by atoms with Crippen LogP contribution in [0.2, 0.25) is 5.15 Å². The third-order valence-electron chi connectivity index (χ3n) is 4.92. The molecule has 0 saturated heterocycles. The number of carbonyl (C=O) groups is 1. The number of amides is 1. The number of imidazole rings is 1. The summed E-state index contributed by atoms with van der Waals surface area (Å²) in [5.74, 6) is 0.0962. The number of aliphatic hydroxyl groups is 1. The molecule has 0 aromatic carbocycles. The summed E-state index contributed by atoms with van der Waals surface area (Å²) >= 11 is 6.05. The lowest BCUT2D eigenvalue weighted by atomic mass is 9.93. The van der Waals surface area contributed by atoms with Crippen molar-refractivity contribution >= 4 is 34.6 Å². The molecule has 3 heterocycles. The minimum atomic E-state index is -1.37. The zero-order valence-electron chi connectivity index (χ0n) is 14.9. The van der Waals surface area contributed by atoms with Crippen molar-refractivity contribution in [3.05, 3.63) is 47.4 Å². The van der Waals surface area contributed by atoms with Crippen LogP contribution in [-0.2, 0) is 10.4 Å². The largest absolute Gasteiger partial charge is 0.383 e. The third-order valence-corrected chi connectivity index (χ3v) is 5.13. The lowest BCUT2D eigenvalue weighted by Crippen LogP contribution is -2.30. The van der Waals surface area contributed by atoms with Gasteiger partial charge in [-0.1, -0.05) is 17.7 Å². The van der Waals surface area contributed by atoms with Gasteiger partial charge in [0, 0.05) is 12.2 Å². The van der Waals surface area contributed by atoms with Crippen LogP contribution in [0.15, 0.2) is 36.5 Å². The molecule has 1 unspecified atom stereocenters. The molecule has 7 nitrogen and oxygen atoms in total. The lowest BCUT2D eigenvalue weighted by molar-refractivity contribution is -0.121. The normalized spacial score (nSPS) is 16.7. The number of hydrogen-bond acceptors (Lipinski definition) is 5. The number of anilines is 1. The van der Waals surface area contributed by atoms with Crippen molar-refractivity contribution in [1.29, 1.82) is 0 Å². The molecule has 0 bridgehead atoms. The van der Waals surface area contributed by atoms with Gasteiger partial charge < -0.3 is 5.11 Å². The van der Waals surface area contributed by atoms with Gasteiger partial charge in [0.2, 0.25) is 11.9 Å². The minimum absolute atomic E-state index is 0.133. The second-order valence-electron chi connectivity index (χ2n) is 7.08. The Kier molecular flexibility index (Phi) is 4.57. The number of nitrogens with one attached hydrogen (secondary N) is 1. The van der Waals surface area contributed by atoms with Crippen molar-refractivity contribution in [2.45, 2.75) is 44.2 Å². The highest BCUT2D eigenvalue weighted by Gasteiger charge is 2.30. The monoisotopic (exact) mass is 385 g/mol. The summed E-state index contributed by atoms with van der Waals surface area (Å²) in [6, 6.07) is 8.95. The second kappa shape index (κ2) is 6.90. The standard InChI is InChI=1S/C19H20ClN5O2/c1-19(27,14-7-2-3-10-21-14)11-16(26)24-18-22-13-8-9-15(20)23-17(13)25(18)12-5-4-6-12/h2-3,7-10,12,27H,4-6,11H2,1H3,(H,22,24,26). The number of halogens is 1. The molecule has 1 amide bonds. The summed E-state index contributed by atoms with van der Waals surface area (Å²) < 4.78 is 1.94. The molecule has 0 aliphatic heterocycles. The van der Waals surface area contributed by atoms with E-state index in [0.717, 1.165) is 19.3 Å². The Morgan fingerprint density at radius 3 is 2.81 bits per heavy atom. The molecule has 4 rings (SSSR count). The Bertz CT molecular complexity index is 982. The molecule has 1 aliphatic rings. The average molecular weight is 386 g/mol. The van der Waals surface area contributed by atoms with Gasteiger partial charge >= 0.3 is 0 Å². The summed E-state index contributed by atoms with van der Waals surface area (Å²) in [6.07, 6.45) is 4.61. The maximum absolute atomic E-state index is 12.6. The van der Waals surface area contributed by atoms with Gasteiger partial charge in [0.1, 0.15) is 16.3 Å². The molecular weight excluding hydrogens is 366 g/mol. The summed E-state index contributed by atoms with van der Waals surface area (Å²) in [6.45, 7) is 1.57. The van der Waals surface area contributed by atoms with Gasteiger partial charge in [-0.25, -0.2) is 9.97 Å². The van der Waals surface area contributed by atoms with E-state index in [0.29, 0.717) is 28.0 Å². The van der Waals surface area contributed by atoms with E-state index >= 15 is 0 Å². The Hall–Kier alpha value is -2.51. The minimum Gasteiger partial charge on any atom is -0.383 e. The number of pyridine rings is 2. The number of fused-ring (bicyclic) bond motifs is 1. The van der Waals surface area contributed by atoms with E-state index in [1.807, 2.05) is 4.57 Å². The van der Waals surface area contributed by atoms with Gasteiger partial charge in [-0.15, -0.1) is 0 Å². The van der Waals surface area contributed by atoms with Crippen LogP contribution in [0.3, 0.4) is 0 Å². The molecule has 1 saturated carbocycles. The number of carbonyl (C=O) groups excluding carboxylic acids is 1. The summed E-state index contributed by atoms with van der Waals surface area (Å²) in [7, 11) is 0. The number of aromatic nitrogens is 4. The van der Waals surface area contributed by atoms with E-state index in [9.17, 15) is 9.90 Å². The Morgan fingerprint density at radius 1 is 1.33 bits per heavy atom. The predicted molar refractivity (Wildman–Crippen MR) is 102 cm³/mol. The van der Waals surface area contributed by atoms with Crippen LogP contribution in [0.5, 0.6) is 0 Å². The molecule has 3 aromatic heterocycles. The van der Waals surface area contributed by atoms with E-state index in [1.165, 1.54) is 0 Å². The van der Waals surface area contributed by atoms with E-state index in [1.54, 1.807) is 43.5 Å². The summed E-state index contributed by atoms with van der Waals surface area (Å²) in [5.41, 5.74) is 0.415. The van der Waals surface area contributed by atoms with Gasteiger partial charge in [-0.2, -0.15) is 0 Å². The molecule has 27 heavy (non-hydrogen) atoms. The van der Waals surface area contributed by atoms with Crippen LogP contribution < -0.4 is 5.32 Å². The van der Waals surface area contributed by atoms with E-state index in [2.05, 4.69) is 20.3 Å². The van der Waals surface area contributed by atoms with Crippen LogP contribution in [0, 0.1) is 0 Å². The lowest BCUT2D eigenvalue weighted by Gasteiger charge is -2.29. The Balaban J connectivity index is 1.60.